The Bertz CT molecular complexity index is 627. The molecular formula is C16H19ClN2S. The lowest BCUT2D eigenvalue weighted by Gasteiger charge is -2.39. The Kier molecular flexibility index (Phi) is 3.83. The summed E-state index contributed by atoms with van der Waals surface area (Å²) >= 11 is 8.18. The number of benzene rings is 1. The van der Waals surface area contributed by atoms with E-state index in [0.717, 1.165) is 41.1 Å². The van der Waals surface area contributed by atoms with Crippen molar-refractivity contribution in [1.29, 1.82) is 0 Å². The lowest BCUT2D eigenvalue weighted by Crippen LogP contribution is -2.43. The van der Waals surface area contributed by atoms with Gasteiger partial charge in [0, 0.05) is 34.5 Å². The molecule has 0 saturated carbocycles. The van der Waals surface area contributed by atoms with Gasteiger partial charge in [-0.1, -0.05) is 18.2 Å². The van der Waals surface area contributed by atoms with Gasteiger partial charge >= 0.3 is 0 Å². The van der Waals surface area contributed by atoms with Crippen molar-refractivity contribution < 1.29 is 0 Å². The Morgan fingerprint density at radius 1 is 1.35 bits per heavy atom. The summed E-state index contributed by atoms with van der Waals surface area (Å²) < 4.78 is 0.273. The van der Waals surface area contributed by atoms with E-state index in [1.807, 2.05) is 23.9 Å². The number of hydrogen-bond donors (Lipinski definition) is 0. The summed E-state index contributed by atoms with van der Waals surface area (Å²) in [6.07, 6.45) is 0. The van der Waals surface area contributed by atoms with Crippen molar-refractivity contribution in [1.82, 2.24) is 4.98 Å². The highest BCUT2D eigenvalue weighted by Gasteiger charge is 2.28. The van der Waals surface area contributed by atoms with Crippen LogP contribution in [0.4, 0.5) is 5.82 Å². The summed E-state index contributed by atoms with van der Waals surface area (Å²) in [5.74, 6) is 2.72. The first kappa shape index (κ1) is 14.0. The van der Waals surface area contributed by atoms with Gasteiger partial charge in [0.2, 0.25) is 0 Å². The lowest BCUT2D eigenvalue weighted by atomic mass is 10.1. The molecule has 0 N–H and O–H groups in total. The minimum Gasteiger partial charge on any atom is -0.354 e. The minimum absolute atomic E-state index is 0.273. The summed E-state index contributed by atoms with van der Waals surface area (Å²) in [4.78, 5) is 7.26. The van der Waals surface area contributed by atoms with Gasteiger partial charge in [0.25, 0.3) is 0 Å². The van der Waals surface area contributed by atoms with Gasteiger partial charge in [-0.2, -0.15) is 11.8 Å². The Labute approximate surface area is 129 Å². The van der Waals surface area contributed by atoms with E-state index in [-0.39, 0.29) is 4.75 Å². The van der Waals surface area contributed by atoms with Gasteiger partial charge in [0.05, 0.1) is 11.4 Å². The molecule has 2 nitrogen and oxygen atoms in total. The molecule has 106 valence electrons. The first-order valence-electron chi connectivity index (χ1n) is 6.93. The van der Waals surface area contributed by atoms with Gasteiger partial charge in [0.15, 0.2) is 0 Å². The van der Waals surface area contributed by atoms with Crippen LogP contribution in [-0.2, 0) is 5.88 Å². The molecule has 1 aliphatic rings. The van der Waals surface area contributed by atoms with E-state index in [9.17, 15) is 0 Å². The fraction of sp³-hybridized carbons (Fsp3) is 0.438. The molecule has 4 heteroatoms. The van der Waals surface area contributed by atoms with Gasteiger partial charge in [-0.05, 0) is 26.0 Å². The largest absolute Gasteiger partial charge is 0.354 e. The van der Waals surface area contributed by atoms with Crippen LogP contribution in [-0.4, -0.2) is 28.6 Å². The number of halogens is 1. The minimum atomic E-state index is 0.273. The van der Waals surface area contributed by atoms with E-state index in [1.165, 1.54) is 0 Å². The summed E-state index contributed by atoms with van der Waals surface area (Å²) in [5, 5.41) is 1.16. The third kappa shape index (κ3) is 2.75. The molecule has 0 amide bonds. The second-order valence-corrected chi connectivity index (χ2v) is 7.90. The normalized spacial score (nSPS) is 18.4. The lowest BCUT2D eigenvalue weighted by molar-refractivity contribution is 0.641. The molecule has 2 heterocycles. The smallest absolute Gasteiger partial charge is 0.133 e. The van der Waals surface area contributed by atoms with Gasteiger partial charge in [0.1, 0.15) is 5.82 Å². The van der Waals surface area contributed by atoms with E-state index in [0.29, 0.717) is 5.88 Å². The SMILES string of the molecule is CC1(C)CN(c2nc3ccccc3cc2CCl)CCS1. The molecule has 0 spiro atoms. The van der Waals surface area contributed by atoms with Crippen molar-refractivity contribution in [2.24, 2.45) is 0 Å². The van der Waals surface area contributed by atoms with Crippen LogP contribution in [0.15, 0.2) is 30.3 Å². The second-order valence-electron chi connectivity index (χ2n) is 5.83. The third-order valence-electron chi connectivity index (χ3n) is 3.65. The van der Waals surface area contributed by atoms with Crippen molar-refractivity contribution >= 4 is 40.1 Å². The monoisotopic (exact) mass is 306 g/mol. The molecule has 3 rings (SSSR count). The molecule has 1 aromatic heterocycles. The highest BCUT2D eigenvalue weighted by Crippen LogP contribution is 2.34. The molecule has 1 aromatic carbocycles. The van der Waals surface area contributed by atoms with Gasteiger partial charge in [-0.25, -0.2) is 4.98 Å². The molecular weight excluding hydrogens is 288 g/mol. The van der Waals surface area contributed by atoms with Crippen molar-refractivity contribution in [2.45, 2.75) is 24.5 Å². The molecule has 2 aromatic rings. The van der Waals surface area contributed by atoms with E-state index in [1.54, 1.807) is 0 Å². The van der Waals surface area contributed by atoms with E-state index >= 15 is 0 Å². The molecule has 20 heavy (non-hydrogen) atoms. The predicted octanol–water partition coefficient (Wildman–Crippen LogP) is 4.31. The highest BCUT2D eigenvalue weighted by atomic mass is 35.5. The summed E-state index contributed by atoms with van der Waals surface area (Å²) in [6.45, 7) is 6.66. The molecule has 1 fully saturated rings. The summed E-state index contributed by atoms with van der Waals surface area (Å²) in [6, 6.07) is 10.4. The van der Waals surface area contributed by atoms with E-state index < -0.39 is 0 Å². The Morgan fingerprint density at radius 2 is 2.15 bits per heavy atom. The Hall–Kier alpha value is -0.930. The van der Waals surface area contributed by atoms with Crippen molar-refractivity contribution in [2.75, 3.05) is 23.7 Å². The predicted molar refractivity (Wildman–Crippen MR) is 90.1 cm³/mol. The molecule has 1 aliphatic heterocycles. The fourth-order valence-electron chi connectivity index (χ4n) is 2.72. The number of para-hydroxylation sites is 1. The van der Waals surface area contributed by atoms with Crippen LogP contribution in [0, 0.1) is 0 Å². The van der Waals surface area contributed by atoms with Crippen LogP contribution in [0.2, 0.25) is 0 Å². The highest BCUT2D eigenvalue weighted by molar-refractivity contribution is 8.00. The van der Waals surface area contributed by atoms with Gasteiger partial charge in [-0.3, -0.25) is 0 Å². The maximum absolute atomic E-state index is 6.15. The average Bonchev–Trinajstić information content (AvgIpc) is 2.44. The van der Waals surface area contributed by atoms with Crippen molar-refractivity contribution in [3.8, 4) is 0 Å². The van der Waals surface area contributed by atoms with Gasteiger partial charge in [-0.15, -0.1) is 11.6 Å². The first-order chi connectivity index (χ1) is 9.59. The summed E-state index contributed by atoms with van der Waals surface area (Å²) in [5.41, 5.74) is 2.18. The number of anilines is 1. The van der Waals surface area contributed by atoms with Crippen LogP contribution >= 0.6 is 23.4 Å². The van der Waals surface area contributed by atoms with E-state index in [2.05, 4.69) is 36.9 Å². The average molecular weight is 307 g/mol. The number of thioether (sulfide) groups is 1. The zero-order valence-corrected chi connectivity index (χ0v) is 13.5. The number of aromatic nitrogens is 1. The van der Waals surface area contributed by atoms with Crippen LogP contribution in [0.3, 0.4) is 0 Å². The van der Waals surface area contributed by atoms with Crippen LogP contribution in [0.1, 0.15) is 19.4 Å². The van der Waals surface area contributed by atoms with Gasteiger partial charge < -0.3 is 4.90 Å². The number of fused-ring (bicyclic) bond motifs is 1. The Morgan fingerprint density at radius 3 is 2.90 bits per heavy atom. The third-order valence-corrected chi connectivity index (χ3v) is 5.23. The van der Waals surface area contributed by atoms with Crippen molar-refractivity contribution in [3.05, 3.63) is 35.9 Å². The van der Waals surface area contributed by atoms with Crippen LogP contribution in [0.25, 0.3) is 10.9 Å². The number of alkyl halides is 1. The molecule has 0 unspecified atom stereocenters. The second kappa shape index (κ2) is 5.45. The van der Waals surface area contributed by atoms with Crippen LogP contribution in [0.5, 0.6) is 0 Å². The zero-order valence-electron chi connectivity index (χ0n) is 11.9. The number of pyridine rings is 1. The van der Waals surface area contributed by atoms with Crippen molar-refractivity contribution in [3.63, 3.8) is 0 Å². The molecule has 0 radical (unpaired) electrons. The zero-order chi connectivity index (χ0) is 14.2. The van der Waals surface area contributed by atoms with E-state index in [4.69, 9.17) is 16.6 Å². The molecule has 0 bridgehead atoms. The quantitative estimate of drug-likeness (QED) is 0.769. The van der Waals surface area contributed by atoms with Crippen LogP contribution < -0.4 is 4.90 Å². The summed E-state index contributed by atoms with van der Waals surface area (Å²) in [7, 11) is 0. The maximum atomic E-state index is 6.15. The number of hydrogen-bond acceptors (Lipinski definition) is 3. The number of rotatable bonds is 2. The molecule has 1 saturated heterocycles. The molecule has 0 atom stereocenters. The standard InChI is InChI=1S/C16H19ClN2S/c1-16(2)11-19(7-8-20-16)15-13(10-17)9-12-5-3-4-6-14(12)18-15/h3-6,9H,7-8,10-11H2,1-2H3. The Balaban J connectivity index is 2.05. The topological polar surface area (TPSA) is 16.1 Å². The fourth-order valence-corrected chi connectivity index (χ4v) is 4.03. The maximum Gasteiger partial charge on any atom is 0.133 e. The number of nitrogens with zero attached hydrogens (tertiary/aromatic N) is 2. The molecule has 0 aliphatic carbocycles. The first-order valence-corrected chi connectivity index (χ1v) is 8.45.